The van der Waals surface area contributed by atoms with Gasteiger partial charge in [0.25, 0.3) is 5.91 Å². The topological polar surface area (TPSA) is 84.9 Å². The maximum Gasteiger partial charge on any atom is 0.308 e. The zero-order valence-electron chi connectivity index (χ0n) is 11.8. The van der Waals surface area contributed by atoms with Gasteiger partial charge in [-0.3, -0.25) is 9.59 Å². The van der Waals surface area contributed by atoms with Crippen molar-refractivity contribution in [3.8, 4) is 11.5 Å². The molecule has 0 heterocycles. The first-order chi connectivity index (χ1) is 9.43. The van der Waals surface area contributed by atoms with Crippen LogP contribution in [0.1, 0.15) is 13.8 Å². The predicted octanol–water partition coefficient (Wildman–Crippen LogP) is 1.30. The number of carbonyl (C=O) groups is 2. The highest BCUT2D eigenvalue weighted by Crippen LogP contribution is 2.18. The van der Waals surface area contributed by atoms with E-state index in [4.69, 9.17) is 14.6 Å². The third-order valence-corrected chi connectivity index (χ3v) is 2.94. The van der Waals surface area contributed by atoms with Crippen molar-refractivity contribution in [1.82, 2.24) is 5.32 Å². The van der Waals surface area contributed by atoms with E-state index in [-0.39, 0.29) is 12.5 Å². The minimum atomic E-state index is -0.952. The molecule has 0 saturated heterocycles. The lowest BCUT2D eigenvalue weighted by Crippen LogP contribution is -2.42. The van der Waals surface area contributed by atoms with Crippen molar-refractivity contribution in [2.24, 2.45) is 5.92 Å². The van der Waals surface area contributed by atoms with Crippen LogP contribution in [-0.2, 0) is 9.59 Å². The number of rotatable bonds is 7. The molecule has 6 nitrogen and oxygen atoms in total. The number of carbonyl (C=O) groups excluding carboxylic acids is 1. The Hall–Kier alpha value is -2.24. The Kier molecular flexibility index (Phi) is 5.83. The second kappa shape index (κ2) is 7.37. The first-order valence-corrected chi connectivity index (χ1v) is 6.23. The number of methoxy groups -OCH3 is 1. The lowest BCUT2D eigenvalue weighted by atomic mass is 10.0. The fourth-order valence-corrected chi connectivity index (χ4v) is 1.47. The van der Waals surface area contributed by atoms with Gasteiger partial charge in [-0.05, 0) is 26.0 Å². The molecule has 6 heteroatoms. The molecule has 0 radical (unpaired) electrons. The zero-order valence-corrected chi connectivity index (χ0v) is 11.8. The second-order valence-electron chi connectivity index (χ2n) is 4.45. The molecule has 20 heavy (non-hydrogen) atoms. The van der Waals surface area contributed by atoms with Crippen LogP contribution in [0.4, 0.5) is 0 Å². The van der Waals surface area contributed by atoms with E-state index in [1.54, 1.807) is 38.3 Å². The summed E-state index contributed by atoms with van der Waals surface area (Å²) >= 11 is 0. The number of aliphatic carboxylic acids is 1. The fraction of sp³-hybridized carbons (Fsp3) is 0.429. The smallest absolute Gasteiger partial charge is 0.308 e. The third kappa shape index (κ3) is 4.79. The highest BCUT2D eigenvalue weighted by molar-refractivity contribution is 5.79. The van der Waals surface area contributed by atoms with Crippen molar-refractivity contribution in [1.29, 1.82) is 0 Å². The molecule has 0 bridgehead atoms. The van der Waals surface area contributed by atoms with E-state index in [1.165, 1.54) is 6.92 Å². The Morgan fingerprint density at radius 2 is 1.95 bits per heavy atom. The van der Waals surface area contributed by atoms with Crippen LogP contribution < -0.4 is 14.8 Å². The minimum absolute atomic E-state index is 0.177. The van der Waals surface area contributed by atoms with Crippen LogP contribution in [0.15, 0.2) is 24.3 Å². The maximum atomic E-state index is 11.6. The SMILES string of the molecule is COc1cccc(OCC(=O)NC(C)C(C)C(=O)O)c1. The standard InChI is InChI=1S/C14H19NO5/c1-9(14(17)18)10(2)15-13(16)8-20-12-6-4-5-11(7-12)19-3/h4-7,9-10H,8H2,1-3H3,(H,15,16)(H,17,18). The van der Waals surface area contributed by atoms with E-state index in [0.29, 0.717) is 11.5 Å². The molecule has 0 aliphatic heterocycles. The van der Waals surface area contributed by atoms with Crippen molar-refractivity contribution in [2.75, 3.05) is 13.7 Å². The number of benzene rings is 1. The van der Waals surface area contributed by atoms with Gasteiger partial charge in [-0.25, -0.2) is 0 Å². The summed E-state index contributed by atoms with van der Waals surface area (Å²) in [7, 11) is 1.54. The van der Waals surface area contributed by atoms with Crippen molar-refractivity contribution in [3.63, 3.8) is 0 Å². The molecular weight excluding hydrogens is 262 g/mol. The highest BCUT2D eigenvalue weighted by atomic mass is 16.5. The number of amides is 1. The summed E-state index contributed by atoms with van der Waals surface area (Å²) in [6, 6.07) is 6.43. The van der Waals surface area contributed by atoms with Crippen LogP contribution in [0.3, 0.4) is 0 Å². The lowest BCUT2D eigenvalue weighted by molar-refractivity contribution is -0.142. The molecule has 1 rings (SSSR count). The summed E-state index contributed by atoms with van der Waals surface area (Å²) in [5.41, 5.74) is 0. The molecule has 2 atom stereocenters. The Bertz CT molecular complexity index is 474. The third-order valence-electron chi connectivity index (χ3n) is 2.94. The lowest BCUT2D eigenvalue weighted by Gasteiger charge is -2.17. The van der Waals surface area contributed by atoms with Gasteiger partial charge in [0.05, 0.1) is 13.0 Å². The van der Waals surface area contributed by atoms with Gasteiger partial charge in [-0.2, -0.15) is 0 Å². The van der Waals surface area contributed by atoms with Gasteiger partial charge in [-0.1, -0.05) is 6.07 Å². The Morgan fingerprint density at radius 1 is 1.30 bits per heavy atom. The molecule has 0 aliphatic rings. The number of hydrogen-bond donors (Lipinski definition) is 2. The average Bonchev–Trinajstić information content (AvgIpc) is 2.44. The van der Waals surface area contributed by atoms with Gasteiger partial charge in [0.15, 0.2) is 6.61 Å². The monoisotopic (exact) mass is 281 g/mol. The minimum Gasteiger partial charge on any atom is -0.497 e. The molecule has 110 valence electrons. The second-order valence-corrected chi connectivity index (χ2v) is 4.45. The van der Waals surface area contributed by atoms with Gasteiger partial charge in [0.1, 0.15) is 11.5 Å². The highest BCUT2D eigenvalue weighted by Gasteiger charge is 2.20. The summed E-state index contributed by atoms with van der Waals surface area (Å²) in [5, 5.41) is 11.4. The first kappa shape index (κ1) is 15.8. The van der Waals surface area contributed by atoms with E-state index in [1.807, 2.05) is 0 Å². The van der Waals surface area contributed by atoms with Crippen LogP contribution in [0, 0.1) is 5.92 Å². The zero-order chi connectivity index (χ0) is 15.1. The van der Waals surface area contributed by atoms with Crippen molar-refractivity contribution in [3.05, 3.63) is 24.3 Å². The molecule has 1 aromatic carbocycles. The van der Waals surface area contributed by atoms with E-state index in [2.05, 4.69) is 5.32 Å². The van der Waals surface area contributed by atoms with Crippen LogP contribution in [0.5, 0.6) is 11.5 Å². The van der Waals surface area contributed by atoms with Gasteiger partial charge in [0, 0.05) is 12.1 Å². The van der Waals surface area contributed by atoms with E-state index in [0.717, 1.165) is 0 Å². The Labute approximate surface area is 117 Å². The molecule has 1 aromatic rings. The first-order valence-electron chi connectivity index (χ1n) is 6.23. The molecule has 1 amide bonds. The van der Waals surface area contributed by atoms with Gasteiger partial charge >= 0.3 is 5.97 Å². The summed E-state index contributed by atoms with van der Waals surface area (Å²) in [5.74, 6) is -0.829. The number of nitrogens with one attached hydrogen (secondary N) is 1. The Morgan fingerprint density at radius 3 is 2.55 bits per heavy atom. The van der Waals surface area contributed by atoms with E-state index in [9.17, 15) is 9.59 Å². The van der Waals surface area contributed by atoms with E-state index >= 15 is 0 Å². The maximum absolute atomic E-state index is 11.6. The van der Waals surface area contributed by atoms with Crippen molar-refractivity contribution >= 4 is 11.9 Å². The molecule has 0 fully saturated rings. The van der Waals surface area contributed by atoms with Crippen LogP contribution >= 0.6 is 0 Å². The summed E-state index contributed by atoms with van der Waals surface area (Å²) in [4.78, 5) is 22.4. The number of hydrogen-bond acceptors (Lipinski definition) is 4. The summed E-state index contributed by atoms with van der Waals surface area (Å²) < 4.78 is 10.4. The van der Waals surface area contributed by atoms with Gasteiger partial charge < -0.3 is 19.9 Å². The molecule has 0 aliphatic carbocycles. The van der Waals surface area contributed by atoms with E-state index < -0.39 is 17.9 Å². The fourth-order valence-electron chi connectivity index (χ4n) is 1.47. The normalized spacial score (nSPS) is 13.2. The molecule has 2 N–H and O–H groups in total. The van der Waals surface area contributed by atoms with Gasteiger partial charge in [-0.15, -0.1) is 0 Å². The van der Waals surface area contributed by atoms with Crippen LogP contribution in [0.25, 0.3) is 0 Å². The Balaban J connectivity index is 2.45. The van der Waals surface area contributed by atoms with Crippen molar-refractivity contribution in [2.45, 2.75) is 19.9 Å². The predicted molar refractivity (Wildman–Crippen MR) is 72.9 cm³/mol. The van der Waals surface area contributed by atoms with Crippen molar-refractivity contribution < 1.29 is 24.2 Å². The van der Waals surface area contributed by atoms with Crippen LogP contribution in [-0.4, -0.2) is 36.7 Å². The van der Waals surface area contributed by atoms with Gasteiger partial charge in [0.2, 0.25) is 0 Å². The molecule has 0 aromatic heterocycles. The summed E-state index contributed by atoms with van der Waals surface area (Å²) in [6.45, 7) is 3.00. The summed E-state index contributed by atoms with van der Waals surface area (Å²) in [6.07, 6.45) is 0. The molecule has 0 saturated carbocycles. The quantitative estimate of drug-likeness (QED) is 0.787. The molecular formula is C14H19NO5. The molecule has 0 spiro atoms. The molecule has 2 unspecified atom stereocenters. The average molecular weight is 281 g/mol. The van der Waals surface area contributed by atoms with Crippen LogP contribution in [0.2, 0.25) is 0 Å². The largest absolute Gasteiger partial charge is 0.497 e. The number of ether oxygens (including phenoxy) is 2. The number of carboxylic acid groups (broad SMARTS) is 1. The number of carboxylic acids is 1.